The van der Waals surface area contributed by atoms with Gasteiger partial charge in [-0.05, 0) is 53.6 Å². The standard InChI is InChI=1S/C62H81NO10/c1-3-4-5-6-7-8-9-10-11-12-13-29-40-55(64)43-54(63(44-49-30-19-14-20-31-49)61(67)72-47-52-36-25-17-26-37-52)41-42-62(68-2)59(70-46-51-34-23-16-24-35-51)58(69-45-50-32-21-15-22-33-50)57(65)56(73-62)48-71-60(66)53-38-27-18-28-39-53/h14-28,30-39,54-59,64-65H,3-13,29,40-48H2,1-2H3/t54-,55+,56?,57-,58+,59?,62?/m0/s1. The number of ether oxygens (including phenoxy) is 6. The smallest absolute Gasteiger partial charge is 0.410 e. The van der Waals surface area contributed by atoms with Gasteiger partial charge >= 0.3 is 12.1 Å². The monoisotopic (exact) mass is 1000 g/mol. The number of unbranched alkanes of at least 4 members (excludes halogenated alkanes) is 11. The third-order valence-electron chi connectivity index (χ3n) is 13.9. The van der Waals surface area contributed by atoms with E-state index in [1.54, 1.807) is 29.2 Å². The van der Waals surface area contributed by atoms with Gasteiger partial charge in [0.2, 0.25) is 0 Å². The van der Waals surface area contributed by atoms with E-state index in [0.717, 1.165) is 41.5 Å². The van der Waals surface area contributed by atoms with Gasteiger partial charge in [0.15, 0.2) is 5.79 Å². The lowest BCUT2D eigenvalue weighted by Crippen LogP contribution is -2.67. The number of hydrogen-bond acceptors (Lipinski definition) is 10. The van der Waals surface area contributed by atoms with Gasteiger partial charge in [0.25, 0.3) is 0 Å². The molecule has 7 atom stereocenters. The quantitative estimate of drug-likeness (QED) is 0.0309. The van der Waals surface area contributed by atoms with Crippen LogP contribution in [0, 0.1) is 0 Å². The fourth-order valence-corrected chi connectivity index (χ4v) is 9.73. The summed E-state index contributed by atoms with van der Waals surface area (Å²) in [5.41, 5.74) is 3.87. The van der Waals surface area contributed by atoms with Crippen molar-refractivity contribution < 1.29 is 48.2 Å². The highest BCUT2D eigenvalue weighted by atomic mass is 16.7. The van der Waals surface area contributed by atoms with Gasteiger partial charge in [-0.15, -0.1) is 0 Å². The van der Waals surface area contributed by atoms with Crippen LogP contribution < -0.4 is 0 Å². The largest absolute Gasteiger partial charge is 0.459 e. The zero-order valence-corrected chi connectivity index (χ0v) is 43.4. The molecule has 11 heteroatoms. The molecule has 3 unspecified atom stereocenters. The molecule has 0 spiro atoms. The van der Waals surface area contributed by atoms with Gasteiger partial charge in [0.05, 0.1) is 24.9 Å². The molecule has 1 aliphatic rings. The van der Waals surface area contributed by atoms with Gasteiger partial charge in [0, 0.05) is 26.1 Å². The first-order valence-electron chi connectivity index (χ1n) is 26.9. The number of esters is 1. The summed E-state index contributed by atoms with van der Waals surface area (Å²) in [5.74, 6) is -2.19. The first kappa shape index (κ1) is 56.9. The van der Waals surface area contributed by atoms with Crippen molar-refractivity contribution in [1.29, 1.82) is 0 Å². The normalized spacial score (nSPS) is 19.5. The van der Waals surface area contributed by atoms with Crippen molar-refractivity contribution in [2.75, 3.05) is 13.7 Å². The molecule has 0 bridgehead atoms. The molecule has 5 aromatic carbocycles. The van der Waals surface area contributed by atoms with Gasteiger partial charge in [-0.3, -0.25) is 0 Å². The number of aliphatic hydroxyl groups is 2. The molecular weight excluding hydrogens is 919 g/mol. The summed E-state index contributed by atoms with van der Waals surface area (Å²) >= 11 is 0. The highest BCUT2D eigenvalue weighted by molar-refractivity contribution is 5.89. The Bertz CT molecular complexity index is 2240. The van der Waals surface area contributed by atoms with Crippen LogP contribution in [-0.2, 0) is 54.8 Å². The topological polar surface area (TPSA) is 133 Å². The van der Waals surface area contributed by atoms with Gasteiger partial charge in [-0.2, -0.15) is 0 Å². The predicted molar refractivity (Wildman–Crippen MR) is 285 cm³/mol. The van der Waals surface area contributed by atoms with E-state index in [4.69, 9.17) is 28.4 Å². The van der Waals surface area contributed by atoms with E-state index in [0.29, 0.717) is 12.0 Å². The Kier molecular flexibility index (Phi) is 25.0. The van der Waals surface area contributed by atoms with Crippen LogP contribution in [0.3, 0.4) is 0 Å². The van der Waals surface area contributed by atoms with Gasteiger partial charge in [-0.25, -0.2) is 9.59 Å². The molecule has 1 fully saturated rings. The molecule has 1 aliphatic heterocycles. The molecule has 0 radical (unpaired) electrons. The van der Waals surface area contributed by atoms with Gasteiger partial charge in [0.1, 0.15) is 37.6 Å². The number of carbonyl (C=O) groups excluding carboxylic acids is 2. The molecule has 0 aromatic heterocycles. The van der Waals surface area contributed by atoms with Crippen LogP contribution in [0.2, 0.25) is 0 Å². The minimum Gasteiger partial charge on any atom is -0.459 e. The number of hydrogen-bond donors (Lipinski definition) is 2. The molecule has 1 heterocycles. The summed E-state index contributed by atoms with van der Waals surface area (Å²) in [6.07, 6.45) is 10.1. The second kappa shape index (κ2) is 32.0. The van der Waals surface area contributed by atoms with Crippen LogP contribution in [-0.4, -0.2) is 83.2 Å². The third-order valence-corrected chi connectivity index (χ3v) is 13.9. The molecule has 2 N–H and O–H groups in total. The Hall–Kier alpha value is -5.40. The van der Waals surface area contributed by atoms with E-state index < -0.39 is 54.4 Å². The number of carbonyl (C=O) groups is 2. The zero-order chi connectivity index (χ0) is 51.4. The molecule has 5 aromatic rings. The number of aliphatic hydroxyl groups excluding tert-OH is 2. The minimum absolute atomic E-state index is 0.0708. The van der Waals surface area contributed by atoms with Crippen LogP contribution >= 0.6 is 0 Å². The van der Waals surface area contributed by atoms with Crippen molar-refractivity contribution in [3.63, 3.8) is 0 Å². The first-order chi connectivity index (χ1) is 35.8. The number of methoxy groups -OCH3 is 1. The first-order valence-corrected chi connectivity index (χ1v) is 26.9. The number of rotatable bonds is 33. The zero-order valence-electron chi connectivity index (χ0n) is 43.4. The van der Waals surface area contributed by atoms with E-state index in [1.165, 1.54) is 64.9 Å². The minimum atomic E-state index is -1.62. The molecular formula is C62H81NO10. The van der Waals surface area contributed by atoms with Gasteiger partial charge in [-0.1, -0.05) is 224 Å². The molecule has 0 aliphatic carbocycles. The Labute approximate surface area is 435 Å². The van der Waals surface area contributed by atoms with E-state index >= 15 is 0 Å². The van der Waals surface area contributed by atoms with E-state index in [1.807, 2.05) is 127 Å². The Morgan fingerprint density at radius 3 is 1.62 bits per heavy atom. The average Bonchev–Trinajstić information content (AvgIpc) is 3.43. The second-order valence-electron chi connectivity index (χ2n) is 19.5. The molecule has 6 rings (SSSR count). The van der Waals surface area contributed by atoms with E-state index in [-0.39, 0.29) is 52.2 Å². The molecule has 1 saturated heterocycles. The van der Waals surface area contributed by atoms with Crippen LogP contribution in [0.15, 0.2) is 152 Å². The van der Waals surface area contributed by atoms with Crippen LogP contribution in [0.1, 0.15) is 142 Å². The van der Waals surface area contributed by atoms with Crippen molar-refractivity contribution in [1.82, 2.24) is 4.90 Å². The van der Waals surface area contributed by atoms with Crippen LogP contribution in [0.4, 0.5) is 4.79 Å². The number of amides is 1. The van der Waals surface area contributed by atoms with Crippen LogP contribution in [0.25, 0.3) is 0 Å². The maximum Gasteiger partial charge on any atom is 0.410 e. The number of nitrogens with zero attached hydrogens (tertiary/aromatic N) is 1. The van der Waals surface area contributed by atoms with Crippen LogP contribution in [0.5, 0.6) is 0 Å². The van der Waals surface area contributed by atoms with E-state index in [9.17, 15) is 19.8 Å². The van der Waals surface area contributed by atoms with E-state index in [2.05, 4.69) is 6.92 Å². The lowest BCUT2D eigenvalue weighted by molar-refractivity contribution is -0.374. The third kappa shape index (κ3) is 19.1. The maximum atomic E-state index is 14.6. The lowest BCUT2D eigenvalue weighted by atomic mass is 9.87. The van der Waals surface area contributed by atoms with Crippen molar-refractivity contribution in [3.8, 4) is 0 Å². The Balaban J connectivity index is 1.28. The molecule has 11 nitrogen and oxygen atoms in total. The predicted octanol–water partition coefficient (Wildman–Crippen LogP) is 12.9. The summed E-state index contributed by atoms with van der Waals surface area (Å²) in [5, 5.41) is 24.2. The maximum absolute atomic E-state index is 14.6. The summed E-state index contributed by atoms with van der Waals surface area (Å²) in [7, 11) is 1.53. The highest BCUT2D eigenvalue weighted by Crippen LogP contribution is 2.40. The van der Waals surface area contributed by atoms with Crippen molar-refractivity contribution in [2.45, 2.75) is 178 Å². The Morgan fingerprint density at radius 1 is 0.603 bits per heavy atom. The lowest BCUT2D eigenvalue weighted by Gasteiger charge is -2.51. The molecule has 394 valence electrons. The summed E-state index contributed by atoms with van der Waals surface area (Å²) in [6.45, 7) is 2.50. The molecule has 73 heavy (non-hydrogen) atoms. The molecule has 1 amide bonds. The summed E-state index contributed by atoms with van der Waals surface area (Å²) in [6, 6.07) is 46.8. The van der Waals surface area contributed by atoms with Crippen molar-refractivity contribution >= 4 is 12.1 Å². The van der Waals surface area contributed by atoms with Crippen molar-refractivity contribution in [2.24, 2.45) is 0 Å². The highest BCUT2D eigenvalue weighted by Gasteiger charge is 2.57. The second-order valence-corrected chi connectivity index (χ2v) is 19.5. The SMILES string of the molecule is CCCCCCCCCCCCCC[C@@H](O)C[C@H](CCC1(OC)OC(COC(=O)c2ccccc2)[C@H](O)[C@@H](OCc2ccccc2)C1OCc1ccccc1)N(Cc1ccccc1)C(=O)OCc1ccccc1. The average molecular weight is 1000 g/mol. The summed E-state index contributed by atoms with van der Waals surface area (Å²) in [4.78, 5) is 29.7. The fraction of sp³-hybridized carbons (Fsp3) is 0.484. The Morgan fingerprint density at radius 2 is 1.08 bits per heavy atom. The van der Waals surface area contributed by atoms with Gasteiger partial charge < -0.3 is 43.5 Å². The molecule has 0 saturated carbocycles. The fourth-order valence-electron chi connectivity index (χ4n) is 9.73. The summed E-state index contributed by atoms with van der Waals surface area (Å²) < 4.78 is 38.9. The number of benzene rings is 5. The van der Waals surface area contributed by atoms with Crippen molar-refractivity contribution in [3.05, 3.63) is 179 Å².